The average molecular weight is 600 g/mol. The maximum Gasteiger partial charge on any atom is 0.416 e. The van der Waals surface area contributed by atoms with Crippen LogP contribution >= 0.6 is 22.6 Å². The molecule has 3 rings (SSSR count). The smallest absolute Gasteiger partial charge is 0.416 e. The van der Waals surface area contributed by atoms with Crippen molar-refractivity contribution in [2.75, 3.05) is 13.2 Å². The van der Waals surface area contributed by atoms with Crippen molar-refractivity contribution in [1.82, 2.24) is 0 Å². The van der Waals surface area contributed by atoms with Crippen molar-refractivity contribution in [3.63, 3.8) is 0 Å². The van der Waals surface area contributed by atoms with Crippen LogP contribution in [0, 0.1) is 13.7 Å². The molecule has 0 saturated carbocycles. The van der Waals surface area contributed by atoms with Crippen molar-refractivity contribution in [1.29, 1.82) is 0 Å². The van der Waals surface area contributed by atoms with Gasteiger partial charge in [0.05, 0.1) is 33.0 Å². The molecule has 0 saturated heterocycles. The first kappa shape index (κ1) is 26.3. The van der Waals surface area contributed by atoms with E-state index < -0.39 is 22.4 Å². The summed E-state index contributed by atoms with van der Waals surface area (Å²) in [4.78, 5) is 14.9. The van der Waals surface area contributed by atoms with Crippen molar-refractivity contribution >= 4 is 40.2 Å². The topological polar surface area (TPSA) is 83.2 Å². The molecule has 0 radical (unpaired) electrons. The molecule has 35 heavy (non-hydrogen) atoms. The third-order valence-electron chi connectivity index (χ3n) is 4.54. The summed E-state index contributed by atoms with van der Waals surface area (Å²) in [7, 11) is 0. The zero-order chi connectivity index (χ0) is 25.6. The molecule has 0 bridgehead atoms. The van der Waals surface area contributed by atoms with Gasteiger partial charge in [-0.3, -0.25) is 15.1 Å². The summed E-state index contributed by atoms with van der Waals surface area (Å²) in [5, 5.41) is 11.4. The Morgan fingerprint density at radius 1 is 1.00 bits per heavy atom. The van der Waals surface area contributed by atoms with Crippen LogP contribution in [0.2, 0.25) is 0 Å². The summed E-state index contributed by atoms with van der Waals surface area (Å²) in [5.41, 5.74) is -0.584. The minimum Gasteiger partial charge on any atom is -0.494 e. The number of aliphatic imine (C=N–C) groups is 1. The normalized spacial score (nSPS) is 11.5. The number of nitrogens with zero attached hydrogens (tertiary/aromatic N) is 2. The molecule has 0 atom stereocenters. The average Bonchev–Trinajstić information content (AvgIpc) is 2.80. The second kappa shape index (κ2) is 11.4. The minimum absolute atomic E-state index is 0.147. The maximum absolute atomic E-state index is 13.0. The first-order chi connectivity index (χ1) is 16.6. The standard InChI is InChI=1S/C24H20F3IN2O5/c1-3-33-18-8-6-17(7-9-18)29-14-15-11-19(28)23(22(12-15)34-4-2)35-21-10-5-16(24(25,26)27)13-20(21)30(31)32/h5-14H,3-4H2,1-2H3. The molecule has 0 unspecified atom stereocenters. The van der Waals surface area contributed by atoms with Crippen LogP contribution in [0.4, 0.5) is 24.5 Å². The molecular weight excluding hydrogens is 580 g/mol. The van der Waals surface area contributed by atoms with E-state index in [1.165, 1.54) is 0 Å². The zero-order valence-electron chi connectivity index (χ0n) is 18.6. The molecule has 0 spiro atoms. The molecule has 0 aromatic heterocycles. The van der Waals surface area contributed by atoms with Gasteiger partial charge in [0.15, 0.2) is 11.5 Å². The Hall–Kier alpha value is -3.35. The number of benzene rings is 3. The molecule has 0 aliphatic rings. The maximum atomic E-state index is 13.0. The van der Waals surface area contributed by atoms with Gasteiger partial charge in [0.2, 0.25) is 5.75 Å². The van der Waals surface area contributed by atoms with E-state index in [4.69, 9.17) is 14.2 Å². The number of alkyl halides is 3. The predicted molar refractivity (Wildman–Crippen MR) is 133 cm³/mol. The second-order valence-corrected chi connectivity index (χ2v) is 8.15. The second-order valence-electron chi connectivity index (χ2n) is 6.99. The summed E-state index contributed by atoms with van der Waals surface area (Å²) in [5.74, 6) is 0.812. The van der Waals surface area contributed by atoms with Gasteiger partial charge in [-0.2, -0.15) is 13.2 Å². The molecular formula is C24H20F3IN2O5. The van der Waals surface area contributed by atoms with Crippen LogP contribution in [0.15, 0.2) is 59.6 Å². The Bertz CT molecular complexity index is 1230. The molecule has 0 heterocycles. The first-order valence-corrected chi connectivity index (χ1v) is 11.5. The zero-order valence-corrected chi connectivity index (χ0v) is 20.8. The van der Waals surface area contributed by atoms with Gasteiger partial charge in [-0.15, -0.1) is 0 Å². The lowest BCUT2D eigenvalue weighted by Gasteiger charge is -2.15. The molecule has 184 valence electrons. The fourth-order valence-electron chi connectivity index (χ4n) is 3.00. The van der Waals surface area contributed by atoms with E-state index in [0.717, 1.165) is 17.9 Å². The summed E-state index contributed by atoms with van der Waals surface area (Å²) >= 11 is 1.96. The Morgan fingerprint density at radius 2 is 1.69 bits per heavy atom. The van der Waals surface area contributed by atoms with Crippen LogP contribution in [0.5, 0.6) is 23.0 Å². The largest absolute Gasteiger partial charge is 0.494 e. The monoisotopic (exact) mass is 600 g/mol. The van der Waals surface area contributed by atoms with Crippen molar-refractivity contribution in [2.24, 2.45) is 4.99 Å². The number of hydrogen-bond donors (Lipinski definition) is 0. The highest BCUT2D eigenvalue weighted by atomic mass is 127. The lowest BCUT2D eigenvalue weighted by Crippen LogP contribution is -2.06. The summed E-state index contributed by atoms with van der Waals surface area (Å²) in [6.07, 6.45) is -3.11. The quantitative estimate of drug-likeness (QED) is 0.110. The molecule has 7 nitrogen and oxygen atoms in total. The van der Waals surface area contributed by atoms with Crippen molar-refractivity contribution in [3.05, 3.63) is 79.4 Å². The van der Waals surface area contributed by atoms with Gasteiger partial charge in [0.1, 0.15) is 5.75 Å². The third kappa shape index (κ3) is 6.84. The van der Waals surface area contributed by atoms with Crippen LogP contribution in [0.1, 0.15) is 25.0 Å². The highest BCUT2D eigenvalue weighted by Gasteiger charge is 2.33. The Balaban J connectivity index is 1.93. The van der Waals surface area contributed by atoms with Crippen LogP contribution in [0.3, 0.4) is 0 Å². The molecule has 0 fully saturated rings. The van der Waals surface area contributed by atoms with Crippen molar-refractivity contribution < 1.29 is 32.3 Å². The van der Waals surface area contributed by atoms with Crippen LogP contribution in [0.25, 0.3) is 0 Å². The van der Waals surface area contributed by atoms with Crippen molar-refractivity contribution in [2.45, 2.75) is 20.0 Å². The summed E-state index contributed by atoms with van der Waals surface area (Å²) in [6, 6.07) is 12.7. The Kier molecular flexibility index (Phi) is 8.54. The Labute approximate surface area is 212 Å². The Morgan fingerprint density at radius 3 is 2.29 bits per heavy atom. The first-order valence-electron chi connectivity index (χ1n) is 10.4. The number of nitro groups is 1. The molecule has 3 aromatic carbocycles. The van der Waals surface area contributed by atoms with E-state index in [-0.39, 0.29) is 23.9 Å². The van der Waals surface area contributed by atoms with Crippen LogP contribution in [-0.2, 0) is 6.18 Å². The third-order valence-corrected chi connectivity index (χ3v) is 5.34. The van der Waals surface area contributed by atoms with Crippen LogP contribution in [-0.4, -0.2) is 24.4 Å². The molecule has 11 heteroatoms. The number of nitro benzene ring substituents is 1. The van der Waals surface area contributed by atoms with E-state index in [9.17, 15) is 23.3 Å². The lowest BCUT2D eigenvalue weighted by molar-refractivity contribution is -0.385. The SMILES string of the molecule is CCOc1ccc(N=Cc2cc(I)c(Oc3ccc(C(F)(F)F)cc3[N+](=O)[O-])c(OCC)c2)cc1. The van der Waals surface area contributed by atoms with Crippen LogP contribution < -0.4 is 14.2 Å². The number of halogens is 4. The van der Waals surface area contributed by atoms with Gasteiger partial charge in [-0.1, -0.05) is 0 Å². The number of rotatable bonds is 9. The predicted octanol–water partition coefficient (Wildman–Crippen LogP) is 7.56. The van der Waals surface area contributed by atoms with Gasteiger partial charge in [-0.05, 0) is 90.5 Å². The van der Waals surface area contributed by atoms with Gasteiger partial charge in [-0.25, -0.2) is 0 Å². The van der Waals surface area contributed by atoms with Gasteiger partial charge >= 0.3 is 11.9 Å². The molecule has 0 N–H and O–H groups in total. The van der Waals surface area contributed by atoms with E-state index in [1.807, 2.05) is 29.5 Å². The van der Waals surface area contributed by atoms with E-state index in [0.29, 0.717) is 27.5 Å². The fraction of sp³-hybridized carbons (Fsp3) is 0.208. The minimum atomic E-state index is -4.72. The van der Waals surface area contributed by atoms with E-state index in [1.54, 1.807) is 49.5 Å². The van der Waals surface area contributed by atoms with E-state index in [2.05, 4.69) is 4.99 Å². The molecule has 0 aliphatic carbocycles. The number of ether oxygens (including phenoxy) is 3. The molecule has 3 aromatic rings. The molecule has 0 amide bonds. The molecule has 0 aliphatic heterocycles. The van der Waals surface area contributed by atoms with Crippen molar-refractivity contribution in [3.8, 4) is 23.0 Å². The fourth-order valence-corrected chi connectivity index (χ4v) is 3.74. The number of hydrogen-bond acceptors (Lipinski definition) is 6. The highest BCUT2D eigenvalue weighted by molar-refractivity contribution is 14.1. The van der Waals surface area contributed by atoms with E-state index >= 15 is 0 Å². The highest BCUT2D eigenvalue weighted by Crippen LogP contribution is 2.42. The lowest BCUT2D eigenvalue weighted by atomic mass is 10.1. The summed E-state index contributed by atoms with van der Waals surface area (Å²) in [6.45, 7) is 4.47. The van der Waals surface area contributed by atoms with Gasteiger partial charge in [0, 0.05) is 12.3 Å². The van der Waals surface area contributed by atoms with Gasteiger partial charge < -0.3 is 14.2 Å². The summed E-state index contributed by atoms with van der Waals surface area (Å²) < 4.78 is 56.3. The van der Waals surface area contributed by atoms with Gasteiger partial charge in [0.25, 0.3) is 0 Å².